The molecule has 0 aliphatic heterocycles. The Morgan fingerprint density at radius 3 is 2.56 bits per heavy atom. The Balaban J connectivity index is 2.04. The maximum atomic E-state index is 12.6. The van der Waals surface area contributed by atoms with Crippen molar-refractivity contribution in [2.75, 3.05) is 13.2 Å². The number of hydrogen-bond acceptors (Lipinski definition) is 3. The first-order valence-electron chi connectivity index (χ1n) is 9.74. The molecule has 1 amide bonds. The third-order valence-corrected chi connectivity index (χ3v) is 4.52. The lowest BCUT2D eigenvalue weighted by Crippen LogP contribution is -2.34. The summed E-state index contributed by atoms with van der Waals surface area (Å²) in [6.45, 7) is 7.98. The van der Waals surface area contributed by atoms with Crippen LogP contribution in [0.15, 0.2) is 18.2 Å². The van der Waals surface area contributed by atoms with E-state index in [2.05, 4.69) is 19.2 Å². The molecule has 4 heteroatoms. The number of rotatable bonds is 8. The Labute approximate surface area is 152 Å². The number of nitrogens with one attached hydrogen (secondary N) is 1. The largest absolute Gasteiger partial charge is 0.494 e. The molecule has 1 fully saturated rings. The van der Waals surface area contributed by atoms with Crippen molar-refractivity contribution in [1.29, 1.82) is 0 Å². The van der Waals surface area contributed by atoms with Gasteiger partial charge in [-0.2, -0.15) is 0 Å². The van der Waals surface area contributed by atoms with Crippen molar-refractivity contribution < 1.29 is 14.3 Å². The maximum Gasteiger partial charge on any atom is 0.251 e. The number of ether oxygens (including phenoxy) is 2. The second-order valence-electron chi connectivity index (χ2n) is 7.33. The molecule has 140 valence electrons. The summed E-state index contributed by atoms with van der Waals surface area (Å²) in [7, 11) is 0. The normalized spacial score (nSPS) is 15.8. The SMILES string of the molecule is CCOc1ccc(C(=O)NC2CCCCCC2)cc1COCC(C)C. The third kappa shape index (κ3) is 6.69. The number of carbonyl (C=O) groups is 1. The minimum atomic E-state index is 0.0139. The van der Waals surface area contributed by atoms with Crippen LogP contribution in [0.3, 0.4) is 0 Å². The van der Waals surface area contributed by atoms with Crippen molar-refractivity contribution >= 4 is 5.91 Å². The monoisotopic (exact) mass is 347 g/mol. The highest BCUT2D eigenvalue weighted by atomic mass is 16.5. The lowest BCUT2D eigenvalue weighted by Gasteiger charge is -2.17. The van der Waals surface area contributed by atoms with E-state index >= 15 is 0 Å². The lowest BCUT2D eigenvalue weighted by atomic mass is 10.1. The number of benzene rings is 1. The Morgan fingerprint density at radius 1 is 1.20 bits per heavy atom. The average molecular weight is 347 g/mol. The average Bonchev–Trinajstić information content (AvgIpc) is 2.84. The van der Waals surface area contributed by atoms with E-state index in [9.17, 15) is 4.79 Å². The van der Waals surface area contributed by atoms with E-state index in [0.29, 0.717) is 37.3 Å². The molecule has 0 atom stereocenters. The van der Waals surface area contributed by atoms with Crippen LogP contribution in [0.2, 0.25) is 0 Å². The van der Waals surface area contributed by atoms with Gasteiger partial charge in [-0.3, -0.25) is 4.79 Å². The highest BCUT2D eigenvalue weighted by Gasteiger charge is 2.17. The summed E-state index contributed by atoms with van der Waals surface area (Å²) in [4.78, 5) is 12.6. The van der Waals surface area contributed by atoms with Crippen molar-refractivity contribution in [3.63, 3.8) is 0 Å². The van der Waals surface area contributed by atoms with Gasteiger partial charge in [0.2, 0.25) is 0 Å². The lowest BCUT2D eigenvalue weighted by molar-refractivity contribution is 0.0924. The summed E-state index contributed by atoms with van der Waals surface area (Å²) in [6.07, 6.45) is 7.17. The first kappa shape index (κ1) is 19.8. The molecule has 0 aromatic heterocycles. The Bertz CT molecular complexity index is 534. The van der Waals surface area contributed by atoms with Crippen molar-refractivity contribution in [1.82, 2.24) is 5.32 Å². The minimum Gasteiger partial charge on any atom is -0.494 e. The fraction of sp³-hybridized carbons (Fsp3) is 0.667. The van der Waals surface area contributed by atoms with Gasteiger partial charge in [-0.25, -0.2) is 0 Å². The van der Waals surface area contributed by atoms with Crippen LogP contribution in [0.4, 0.5) is 0 Å². The van der Waals surface area contributed by atoms with Gasteiger partial charge < -0.3 is 14.8 Å². The van der Waals surface area contributed by atoms with Crippen molar-refractivity contribution in [3.05, 3.63) is 29.3 Å². The van der Waals surface area contributed by atoms with Crippen molar-refractivity contribution in [2.45, 2.75) is 71.9 Å². The summed E-state index contributed by atoms with van der Waals surface area (Å²) in [6, 6.07) is 5.96. The number of carbonyl (C=O) groups excluding carboxylic acids is 1. The van der Waals surface area contributed by atoms with Crippen LogP contribution in [-0.4, -0.2) is 25.2 Å². The zero-order chi connectivity index (χ0) is 18.1. The van der Waals surface area contributed by atoms with Crippen LogP contribution in [0.25, 0.3) is 0 Å². The van der Waals surface area contributed by atoms with Crippen molar-refractivity contribution in [3.8, 4) is 5.75 Å². The van der Waals surface area contributed by atoms with Crippen LogP contribution in [0.1, 0.15) is 75.2 Å². The molecular weight excluding hydrogens is 314 g/mol. The summed E-state index contributed by atoms with van der Waals surface area (Å²) in [5.74, 6) is 1.30. The van der Waals surface area contributed by atoms with Gasteiger partial charge >= 0.3 is 0 Å². The van der Waals surface area contributed by atoms with Gasteiger partial charge in [0.05, 0.1) is 13.2 Å². The molecule has 1 saturated carbocycles. The summed E-state index contributed by atoms with van der Waals surface area (Å²) in [5.41, 5.74) is 1.63. The molecule has 1 aromatic rings. The standard InChI is InChI=1S/C21H33NO3/c1-4-25-20-12-11-17(13-18(20)15-24-14-16(2)3)21(23)22-19-9-7-5-6-8-10-19/h11-13,16,19H,4-10,14-15H2,1-3H3,(H,22,23). The molecule has 25 heavy (non-hydrogen) atoms. The van der Waals surface area contributed by atoms with Gasteiger partial charge in [-0.1, -0.05) is 39.5 Å². The van der Waals surface area contributed by atoms with E-state index in [1.807, 2.05) is 25.1 Å². The minimum absolute atomic E-state index is 0.0139. The van der Waals surface area contributed by atoms with E-state index in [4.69, 9.17) is 9.47 Å². The fourth-order valence-corrected chi connectivity index (χ4v) is 3.23. The highest BCUT2D eigenvalue weighted by Crippen LogP contribution is 2.23. The van der Waals surface area contributed by atoms with E-state index in [1.54, 1.807) is 0 Å². The molecule has 1 N–H and O–H groups in total. The molecule has 1 aromatic carbocycles. The van der Waals surface area contributed by atoms with Crippen LogP contribution in [0.5, 0.6) is 5.75 Å². The second-order valence-corrected chi connectivity index (χ2v) is 7.33. The molecule has 0 spiro atoms. The zero-order valence-electron chi connectivity index (χ0n) is 16.0. The molecule has 0 heterocycles. The molecule has 1 aliphatic rings. The van der Waals surface area contributed by atoms with Crippen LogP contribution < -0.4 is 10.1 Å². The summed E-state index contributed by atoms with van der Waals surface area (Å²) in [5, 5.41) is 3.21. The smallest absolute Gasteiger partial charge is 0.251 e. The molecule has 0 unspecified atom stereocenters. The van der Waals surface area contributed by atoms with Crippen LogP contribution in [-0.2, 0) is 11.3 Å². The van der Waals surface area contributed by atoms with Crippen molar-refractivity contribution in [2.24, 2.45) is 5.92 Å². The zero-order valence-corrected chi connectivity index (χ0v) is 16.0. The van der Waals surface area contributed by atoms with Gasteiger partial charge in [0.15, 0.2) is 0 Å². The molecule has 0 radical (unpaired) electrons. The first-order chi connectivity index (χ1) is 12.1. The summed E-state index contributed by atoms with van der Waals surface area (Å²) < 4.78 is 11.4. The van der Waals surface area contributed by atoms with Gasteiger partial charge in [-0.05, 0) is 43.9 Å². The van der Waals surface area contributed by atoms with E-state index < -0.39 is 0 Å². The van der Waals surface area contributed by atoms with Gasteiger partial charge in [0.1, 0.15) is 5.75 Å². The van der Waals surface area contributed by atoms with Gasteiger partial charge in [0.25, 0.3) is 5.91 Å². The van der Waals surface area contributed by atoms with E-state index in [-0.39, 0.29) is 5.91 Å². The molecule has 4 nitrogen and oxygen atoms in total. The van der Waals surface area contributed by atoms with E-state index in [0.717, 1.165) is 24.2 Å². The predicted molar refractivity (Wildman–Crippen MR) is 101 cm³/mol. The third-order valence-electron chi connectivity index (χ3n) is 4.52. The molecular formula is C21H33NO3. The fourth-order valence-electron chi connectivity index (χ4n) is 3.23. The predicted octanol–water partition coefficient (Wildman–Crippen LogP) is 4.71. The van der Waals surface area contributed by atoms with E-state index in [1.165, 1.54) is 25.7 Å². The molecule has 1 aliphatic carbocycles. The topological polar surface area (TPSA) is 47.6 Å². The molecule has 0 saturated heterocycles. The maximum absolute atomic E-state index is 12.6. The second kappa shape index (κ2) is 10.4. The highest BCUT2D eigenvalue weighted by molar-refractivity contribution is 5.94. The number of amides is 1. The first-order valence-corrected chi connectivity index (χ1v) is 9.74. The Morgan fingerprint density at radius 2 is 1.92 bits per heavy atom. The van der Waals surface area contributed by atoms with Crippen LogP contribution in [0, 0.1) is 5.92 Å². The summed E-state index contributed by atoms with van der Waals surface area (Å²) >= 11 is 0. The Hall–Kier alpha value is -1.55. The van der Waals surface area contributed by atoms with Gasteiger partial charge in [-0.15, -0.1) is 0 Å². The van der Waals surface area contributed by atoms with Gasteiger partial charge in [0, 0.05) is 23.8 Å². The molecule has 2 rings (SSSR count). The number of hydrogen-bond donors (Lipinski definition) is 1. The van der Waals surface area contributed by atoms with Crippen LogP contribution >= 0.6 is 0 Å². The molecule has 0 bridgehead atoms. The quantitative estimate of drug-likeness (QED) is 0.693. The Kier molecular flexibility index (Phi) is 8.26.